The number of hydrogen-bond donors (Lipinski definition) is 1. The van der Waals surface area contributed by atoms with Crippen LogP contribution in [0.2, 0.25) is 0 Å². The number of ether oxygens (including phenoxy) is 1. The van der Waals surface area contributed by atoms with E-state index >= 15 is 0 Å². The van der Waals surface area contributed by atoms with Gasteiger partial charge in [0.15, 0.2) is 0 Å². The van der Waals surface area contributed by atoms with E-state index in [0.717, 1.165) is 0 Å². The number of rotatable bonds is 4. The van der Waals surface area contributed by atoms with Crippen LogP contribution in [0, 0.1) is 0 Å². The van der Waals surface area contributed by atoms with E-state index in [9.17, 15) is 18.0 Å². The van der Waals surface area contributed by atoms with Crippen molar-refractivity contribution in [1.82, 2.24) is 0 Å². The van der Waals surface area contributed by atoms with Gasteiger partial charge in [0.2, 0.25) is 0 Å². The predicted octanol–water partition coefficient (Wildman–Crippen LogP) is 2.38. The maximum atomic E-state index is 12.5. The molecule has 1 aromatic heterocycles. The molecule has 1 N–H and O–H groups in total. The van der Waals surface area contributed by atoms with Gasteiger partial charge < -0.3 is 9.15 Å². The van der Waals surface area contributed by atoms with Crippen molar-refractivity contribution in [2.24, 2.45) is 0 Å². The van der Waals surface area contributed by atoms with E-state index in [0.29, 0.717) is 22.2 Å². The third kappa shape index (κ3) is 3.53. The molecule has 0 saturated heterocycles. The Hall–Kier alpha value is -3.13. The molecule has 128 valence electrons. The molecule has 2 aromatic carbocycles. The van der Waals surface area contributed by atoms with Crippen molar-refractivity contribution in [3.8, 4) is 0 Å². The average Bonchev–Trinajstić information content (AvgIpc) is 2.60. The number of anilines is 1. The molecular weight excluding hydrogens is 346 g/mol. The first-order valence-electron chi connectivity index (χ1n) is 7.14. The van der Waals surface area contributed by atoms with Gasteiger partial charge in [-0.3, -0.25) is 4.72 Å². The number of nitrogens with one attached hydrogen (secondary N) is 1. The topological polar surface area (TPSA) is 103 Å². The highest BCUT2D eigenvalue weighted by molar-refractivity contribution is 7.92. The molecule has 0 aliphatic carbocycles. The SMILES string of the molecule is COC(=O)c1ccc(NS(=O)(=O)c2ccc3oc(=O)ccc3c2)cc1. The van der Waals surface area contributed by atoms with Gasteiger partial charge in [0, 0.05) is 17.1 Å². The molecule has 3 rings (SSSR count). The van der Waals surface area contributed by atoms with Crippen LogP contribution in [0.1, 0.15) is 10.4 Å². The van der Waals surface area contributed by atoms with Crippen LogP contribution in [0.4, 0.5) is 5.69 Å². The summed E-state index contributed by atoms with van der Waals surface area (Å²) >= 11 is 0. The van der Waals surface area contributed by atoms with Crippen LogP contribution < -0.4 is 10.3 Å². The molecule has 25 heavy (non-hydrogen) atoms. The minimum absolute atomic E-state index is 0.0193. The molecule has 3 aromatic rings. The summed E-state index contributed by atoms with van der Waals surface area (Å²) in [5.41, 5.74) is 0.402. The van der Waals surface area contributed by atoms with Gasteiger partial charge in [-0.05, 0) is 48.5 Å². The molecular formula is C17H13NO6S. The van der Waals surface area contributed by atoms with Crippen LogP contribution in [0.15, 0.2) is 68.7 Å². The third-order valence-corrected chi connectivity index (χ3v) is 4.84. The van der Waals surface area contributed by atoms with E-state index in [4.69, 9.17) is 4.42 Å². The standard InChI is InChI=1S/C17H13NO6S/c1-23-17(20)11-2-5-13(6-3-11)18-25(21,22)14-7-8-15-12(10-14)4-9-16(19)24-15/h2-10,18H,1H3. The van der Waals surface area contributed by atoms with E-state index < -0.39 is 21.6 Å². The summed E-state index contributed by atoms with van der Waals surface area (Å²) in [5.74, 6) is -0.509. The zero-order valence-corrected chi connectivity index (χ0v) is 13.9. The van der Waals surface area contributed by atoms with E-state index in [1.807, 2.05) is 0 Å². The van der Waals surface area contributed by atoms with Crippen LogP contribution in [-0.4, -0.2) is 21.5 Å². The molecule has 0 amide bonds. The van der Waals surface area contributed by atoms with Crippen LogP contribution in [0.3, 0.4) is 0 Å². The maximum absolute atomic E-state index is 12.5. The second-order valence-corrected chi connectivity index (χ2v) is 6.81. The summed E-state index contributed by atoms with van der Waals surface area (Å²) in [6.45, 7) is 0. The monoisotopic (exact) mass is 359 g/mol. The highest BCUT2D eigenvalue weighted by atomic mass is 32.2. The van der Waals surface area contributed by atoms with Gasteiger partial charge in [0.1, 0.15) is 5.58 Å². The van der Waals surface area contributed by atoms with E-state index in [2.05, 4.69) is 9.46 Å². The van der Waals surface area contributed by atoms with Gasteiger partial charge in [0.25, 0.3) is 10.0 Å². The Morgan fingerprint density at radius 1 is 1.04 bits per heavy atom. The summed E-state index contributed by atoms with van der Waals surface area (Å²) in [5, 5.41) is 0.489. The zero-order chi connectivity index (χ0) is 18.0. The lowest BCUT2D eigenvalue weighted by atomic mass is 10.2. The third-order valence-electron chi connectivity index (χ3n) is 3.46. The summed E-state index contributed by atoms with van der Waals surface area (Å²) in [7, 11) is -2.57. The van der Waals surface area contributed by atoms with Gasteiger partial charge >= 0.3 is 11.6 Å². The van der Waals surface area contributed by atoms with Crippen molar-refractivity contribution in [3.63, 3.8) is 0 Å². The first-order valence-corrected chi connectivity index (χ1v) is 8.62. The largest absolute Gasteiger partial charge is 0.465 e. The highest BCUT2D eigenvalue weighted by Gasteiger charge is 2.15. The Morgan fingerprint density at radius 2 is 1.76 bits per heavy atom. The Morgan fingerprint density at radius 3 is 2.44 bits per heavy atom. The highest BCUT2D eigenvalue weighted by Crippen LogP contribution is 2.21. The Kier molecular flexibility index (Phi) is 4.28. The molecule has 0 aliphatic heterocycles. The fraction of sp³-hybridized carbons (Fsp3) is 0.0588. The molecule has 0 spiro atoms. The molecule has 0 saturated carbocycles. The van der Waals surface area contributed by atoms with Crippen molar-refractivity contribution in [2.45, 2.75) is 4.90 Å². The number of sulfonamides is 1. The van der Waals surface area contributed by atoms with Gasteiger partial charge in [0.05, 0.1) is 17.6 Å². The molecule has 0 bridgehead atoms. The molecule has 7 nitrogen and oxygen atoms in total. The van der Waals surface area contributed by atoms with Crippen LogP contribution in [-0.2, 0) is 14.8 Å². The van der Waals surface area contributed by atoms with Crippen molar-refractivity contribution < 1.29 is 22.4 Å². The van der Waals surface area contributed by atoms with Crippen LogP contribution in [0.5, 0.6) is 0 Å². The van der Waals surface area contributed by atoms with Gasteiger partial charge in [-0.1, -0.05) is 0 Å². The number of carbonyl (C=O) groups is 1. The Bertz CT molecular complexity index is 1100. The summed E-state index contributed by atoms with van der Waals surface area (Å²) in [4.78, 5) is 22.6. The molecule has 0 unspecified atom stereocenters. The predicted molar refractivity (Wildman–Crippen MR) is 91.1 cm³/mol. The van der Waals surface area contributed by atoms with Crippen molar-refractivity contribution in [1.29, 1.82) is 0 Å². The van der Waals surface area contributed by atoms with E-state index in [-0.39, 0.29) is 4.90 Å². The molecule has 8 heteroatoms. The fourth-order valence-corrected chi connectivity index (χ4v) is 3.32. The van der Waals surface area contributed by atoms with Crippen molar-refractivity contribution in [2.75, 3.05) is 11.8 Å². The van der Waals surface area contributed by atoms with Gasteiger partial charge in [-0.25, -0.2) is 18.0 Å². The summed E-state index contributed by atoms with van der Waals surface area (Å²) < 4.78 is 37.0. The molecule has 0 radical (unpaired) electrons. The Balaban J connectivity index is 1.90. The lowest BCUT2D eigenvalue weighted by Gasteiger charge is -2.09. The quantitative estimate of drug-likeness (QED) is 0.567. The second kappa shape index (κ2) is 6.40. The molecule has 0 atom stereocenters. The summed E-state index contributed by atoms with van der Waals surface area (Å²) in [6, 6.07) is 12.7. The fourth-order valence-electron chi connectivity index (χ4n) is 2.22. The number of esters is 1. The average molecular weight is 359 g/mol. The Labute approximate surface area is 142 Å². The van der Waals surface area contributed by atoms with Gasteiger partial charge in [-0.2, -0.15) is 0 Å². The van der Waals surface area contributed by atoms with E-state index in [1.165, 1.54) is 61.7 Å². The molecule has 0 fully saturated rings. The van der Waals surface area contributed by atoms with Gasteiger partial charge in [-0.15, -0.1) is 0 Å². The number of hydrogen-bond acceptors (Lipinski definition) is 6. The van der Waals surface area contributed by atoms with Crippen LogP contribution >= 0.6 is 0 Å². The lowest BCUT2D eigenvalue weighted by molar-refractivity contribution is 0.0601. The first-order chi connectivity index (χ1) is 11.9. The maximum Gasteiger partial charge on any atom is 0.337 e. The van der Waals surface area contributed by atoms with E-state index in [1.54, 1.807) is 0 Å². The number of fused-ring (bicyclic) bond motifs is 1. The van der Waals surface area contributed by atoms with Crippen molar-refractivity contribution >= 4 is 32.6 Å². The molecule has 0 aliphatic rings. The number of benzene rings is 2. The first kappa shape index (κ1) is 16.7. The normalized spacial score (nSPS) is 11.2. The smallest absolute Gasteiger partial charge is 0.337 e. The minimum Gasteiger partial charge on any atom is -0.465 e. The molecule has 1 heterocycles. The minimum atomic E-state index is -3.84. The number of methoxy groups -OCH3 is 1. The second-order valence-electron chi connectivity index (χ2n) is 5.13. The lowest BCUT2D eigenvalue weighted by Crippen LogP contribution is -2.13. The summed E-state index contributed by atoms with van der Waals surface area (Å²) in [6.07, 6.45) is 0. The van der Waals surface area contributed by atoms with Crippen molar-refractivity contribution in [3.05, 3.63) is 70.6 Å². The number of carbonyl (C=O) groups excluding carboxylic acids is 1. The van der Waals surface area contributed by atoms with Crippen LogP contribution in [0.25, 0.3) is 11.0 Å². The zero-order valence-electron chi connectivity index (χ0n) is 13.1.